The number of nitrogens with zero attached hydrogens (tertiary/aromatic N) is 2. The first kappa shape index (κ1) is 23.2. The van der Waals surface area contributed by atoms with Gasteiger partial charge in [0.1, 0.15) is 17.3 Å². The van der Waals surface area contributed by atoms with Crippen LogP contribution in [0.15, 0.2) is 70.9 Å². The number of aryl methyl sites for hydroxylation is 1. The summed E-state index contributed by atoms with van der Waals surface area (Å²) in [6, 6.07) is 15.5. The molecule has 1 fully saturated rings. The van der Waals surface area contributed by atoms with E-state index in [2.05, 4.69) is 0 Å². The van der Waals surface area contributed by atoms with Crippen LogP contribution in [0.2, 0.25) is 0 Å². The molecule has 4 rings (SSSR count). The highest BCUT2D eigenvalue weighted by Crippen LogP contribution is 2.41. The van der Waals surface area contributed by atoms with Gasteiger partial charge in [-0.3, -0.25) is 9.59 Å². The average Bonchev–Trinajstić information content (AvgIpc) is 3.42. The molecule has 0 bridgehead atoms. The second kappa shape index (κ2) is 9.47. The van der Waals surface area contributed by atoms with E-state index in [0.717, 1.165) is 16.8 Å². The molecule has 0 aliphatic carbocycles. The van der Waals surface area contributed by atoms with Crippen LogP contribution in [-0.2, 0) is 16.1 Å². The van der Waals surface area contributed by atoms with Crippen molar-refractivity contribution in [2.45, 2.75) is 26.4 Å². The minimum Gasteiger partial charge on any atom is -0.507 e. The topological polar surface area (TPSA) is 83.2 Å². The number of furan rings is 1. The van der Waals surface area contributed by atoms with E-state index in [1.54, 1.807) is 30.3 Å². The molecule has 0 spiro atoms. The van der Waals surface area contributed by atoms with Gasteiger partial charge in [-0.1, -0.05) is 12.1 Å². The van der Waals surface area contributed by atoms with Gasteiger partial charge in [-0.05, 0) is 67.4 Å². The molecule has 2 aromatic carbocycles. The molecule has 176 valence electrons. The molecule has 1 saturated heterocycles. The fourth-order valence-corrected chi connectivity index (χ4v) is 4.18. The molecule has 1 aromatic heterocycles. The van der Waals surface area contributed by atoms with E-state index < -0.39 is 17.7 Å². The monoisotopic (exact) mass is 460 g/mol. The maximum atomic E-state index is 13.2. The second-order valence-electron chi connectivity index (χ2n) is 8.41. The van der Waals surface area contributed by atoms with Crippen molar-refractivity contribution < 1.29 is 23.8 Å². The molecular weight excluding hydrogens is 432 g/mol. The first-order chi connectivity index (χ1) is 16.3. The number of hydrogen-bond donors (Lipinski definition) is 1. The third-order valence-corrected chi connectivity index (χ3v) is 5.92. The third kappa shape index (κ3) is 4.29. The molecule has 2 heterocycles. The summed E-state index contributed by atoms with van der Waals surface area (Å²) in [6.45, 7) is 4.40. The van der Waals surface area contributed by atoms with Gasteiger partial charge in [-0.15, -0.1) is 0 Å². The number of amides is 1. The Morgan fingerprint density at radius 1 is 1.12 bits per heavy atom. The number of likely N-dealkylation sites (tertiary alicyclic amines) is 1. The molecule has 34 heavy (non-hydrogen) atoms. The predicted molar refractivity (Wildman–Crippen MR) is 130 cm³/mol. The summed E-state index contributed by atoms with van der Waals surface area (Å²) in [5.41, 5.74) is 3.03. The second-order valence-corrected chi connectivity index (χ2v) is 8.41. The summed E-state index contributed by atoms with van der Waals surface area (Å²) < 4.78 is 11.0. The van der Waals surface area contributed by atoms with Crippen molar-refractivity contribution in [3.63, 3.8) is 0 Å². The lowest BCUT2D eigenvalue weighted by Gasteiger charge is -2.25. The van der Waals surface area contributed by atoms with Crippen LogP contribution in [0.3, 0.4) is 0 Å². The van der Waals surface area contributed by atoms with Crippen LogP contribution in [0.1, 0.15) is 35.4 Å². The van der Waals surface area contributed by atoms with E-state index >= 15 is 0 Å². The lowest BCUT2D eigenvalue weighted by Crippen LogP contribution is -2.29. The normalized spacial score (nSPS) is 17.3. The van der Waals surface area contributed by atoms with Crippen LogP contribution in [0.5, 0.6) is 5.75 Å². The number of benzene rings is 2. The van der Waals surface area contributed by atoms with Gasteiger partial charge in [0.25, 0.3) is 11.7 Å². The molecule has 1 unspecified atom stereocenters. The van der Waals surface area contributed by atoms with Gasteiger partial charge in [-0.25, -0.2) is 0 Å². The fraction of sp³-hybridized carbons (Fsp3) is 0.259. The average molecular weight is 461 g/mol. The summed E-state index contributed by atoms with van der Waals surface area (Å²) >= 11 is 0. The predicted octanol–water partition coefficient (Wildman–Crippen LogP) is 4.67. The van der Waals surface area contributed by atoms with Crippen molar-refractivity contribution in [2.75, 3.05) is 25.6 Å². The number of aliphatic hydroxyl groups excluding tert-OH is 1. The Morgan fingerprint density at radius 3 is 2.44 bits per heavy atom. The largest absolute Gasteiger partial charge is 0.507 e. The number of Topliss-reactive ketones (excluding diaryl/α,β-unsaturated/α-hetero) is 1. The first-order valence-corrected chi connectivity index (χ1v) is 11.1. The van der Waals surface area contributed by atoms with Crippen molar-refractivity contribution >= 4 is 23.1 Å². The Bertz CT molecular complexity index is 1230. The van der Waals surface area contributed by atoms with Gasteiger partial charge in [0, 0.05) is 25.3 Å². The van der Waals surface area contributed by atoms with E-state index in [1.807, 2.05) is 57.1 Å². The quantitative estimate of drug-likeness (QED) is 0.313. The van der Waals surface area contributed by atoms with E-state index in [4.69, 9.17) is 9.15 Å². The van der Waals surface area contributed by atoms with Crippen molar-refractivity contribution in [1.29, 1.82) is 0 Å². The molecule has 0 radical (unpaired) electrons. The Balaban J connectivity index is 1.83. The number of ketones is 1. The van der Waals surface area contributed by atoms with Crippen LogP contribution < -0.4 is 9.64 Å². The van der Waals surface area contributed by atoms with Gasteiger partial charge in [0.05, 0.1) is 31.0 Å². The number of ether oxygens (including phenoxy) is 1. The standard InChI is InChI=1S/C27H28N2O5/c1-5-33-22-13-10-19(15-17(22)2)25(30)23-24(18-8-11-20(12-9-18)28(3)4)29(27(32)26(23)31)16-21-7-6-14-34-21/h6-15,24,30H,5,16H2,1-4H3/b25-23-. The molecule has 1 N–H and O–H groups in total. The molecule has 1 atom stereocenters. The first-order valence-electron chi connectivity index (χ1n) is 11.1. The number of anilines is 1. The van der Waals surface area contributed by atoms with Gasteiger partial charge in [-0.2, -0.15) is 0 Å². The number of rotatable bonds is 7. The van der Waals surface area contributed by atoms with Gasteiger partial charge in [0.15, 0.2) is 0 Å². The fourth-order valence-electron chi connectivity index (χ4n) is 4.18. The molecule has 1 aliphatic heterocycles. The van der Waals surface area contributed by atoms with E-state index in [1.165, 1.54) is 11.2 Å². The summed E-state index contributed by atoms with van der Waals surface area (Å²) in [6.07, 6.45) is 1.52. The van der Waals surface area contributed by atoms with Crippen LogP contribution in [-0.4, -0.2) is 42.4 Å². The highest BCUT2D eigenvalue weighted by Gasteiger charge is 2.46. The SMILES string of the molecule is CCOc1ccc(/C(O)=C2/C(=O)C(=O)N(Cc3ccco3)C2c2ccc(N(C)C)cc2)cc1C. The summed E-state index contributed by atoms with van der Waals surface area (Å²) in [5, 5.41) is 11.3. The highest BCUT2D eigenvalue weighted by molar-refractivity contribution is 6.46. The minimum absolute atomic E-state index is 0.0534. The number of carbonyl (C=O) groups excluding carboxylic acids is 2. The van der Waals surface area contributed by atoms with E-state index in [0.29, 0.717) is 23.7 Å². The highest BCUT2D eigenvalue weighted by atomic mass is 16.5. The molecule has 0 saturated carbocycles. The van der Waals surface area contributed by atoms with Crippen molar-refractivity contribution in [3.8, 4) is 5.75 Å². The molecule has 1 aliphatic rings. The summed E-state index contributed by atoms with van der Waals surface area (Å²) in [5.74, 6) is -0.366. The van der Waals surface area contributed by atoms with Gasteiger partial charge >= 0.3 is 0 Å². The third-order valence-electron chi connectivity index (χ3n) is 5.92. The van der Waals surface area contributed by atoms with Crippen LogP contribution in [0.25, 0.3) is 5.76 Å². The van der Waals surface area contributed by atoms with Gasteiger partial charge in [0.2, 0.25) is 0 Å². The lowest BCUT2D eigenvalue weighted by atomic mass is 9.94. The summed E-state index contributed by atoms with van der Waals surface area (Å²) in [4.78, 5) is 29.7. The molecule has 1 amide bonds. The Kier molecular flexibility index (Phi) is 6.45. The van der Waals surface area contributed by atoms with Crippen LogP contribution in [0.4, 0.5) is 5.69 Å². The zero-order chi connectivity index (χ0) is 24.4. The van der Waals surface area contributed by atoms with Gasteiger partial charge < -0.3 is 24.1 Å². The zero-order valence-electron chi connectivity index (χ0n) is 19.7. The van der Waals surface area contributed by atoms with Crippen molar-refractivity contribution in [1.82, 2.24) is 4.90 Å². The lowest BCUT2D eigenvalue weighted by molar-refractivity contribution is -0.140. The minimum atomic E-state index is -0.756. The number of aliphatic hydroxyl groups is 1. The number of carbonyl (C=O) groups is 2. The molecular formula is C27H28N2O5. The Morgan fingerprint density at radius 2 is 1.85 bits per heavy atom. The maximum Gasteiger partial charge on any atom is 0.296 e. The summed E-state index contributed by atoms with van der Waals surface area (Å²) in [7, 11) is 3.87. The van der Waals surface area contributed by atoms with E-state index in [9.17, 15) is 14.7 Å². The smallest absolute Gasteiger partial charge is 0.296 e. The van der Waals surface area contributed by atoms with Crippen LogP contribution >= 0.6 is 0 Å². The van der Waals surface area contributed by atoms with E-state index in [-0.39, 0.29) is 17.9 Å². The molecule has 7 nitrogen and oxygen atoms in total. The van der Waals surface area contributed by atoms with Crippen molar-refractivity contribution in [2.24, 2.45) is 0 Å². The van der Waals surface area contributed by atoms with Crippen LogP contribution in [0, 0.1) is 6.92 Å². The van der Waals surface area contributed by atoms with Crippen molar-refractivity contribution in [3.05, 3.63) is 88.9 Å². The molecule has 7 heteroatoms. The molecule has 3 aromatic rings. The Labute approximate surface area is 198 Å². The maximum absolute atomic E-state index is 13.2. The Hall–Kier alpha value is -4.00. The zero-order valence-corrected chi connectivity index (χ0v) is 19.7. The number of hydrogen-bond acceptors (Lipinski definition) is 6.